The van der Waals surface area contributed by atoms with Crippen LogP contribution < -0.4 is 5.32 Å². The summed E-state index contributed by atoms with van der Waals surface area (Å²) in [5, 5.41) is 2.89. The number of hydrogen-bond donors (Lipinski definition) is 1. The van der Waals surface area contributed by atoms with Crippen molar-refractivity contribution >= 4 is 28.9 Å². The lowest BCUT2D eigenvalue weighted by Crippen LogP contribution is -2.33. The van der Waals surface area contributed by atoms with Crippen LogP contribution in [-0.4, -0.2) is 51.1 Å². The molecule has 0 radical (unpaired) electrons. The number of imidazole rings is 1. The number of pyridine rings is 1. The van der Waals surface area contributed by atoms with Gasteiger partial charge in [0.25, 0.3) is 0 Å². The number of fused-ring (bicyclic) bond motifs is 1. The summed E-state index contributed by atoms with van der Waals surface area (Å²) in [5.74, 6) is 0.583. The lowest BCUT2D eigenvalue weighted by molar-refractivity contribution is 0.0526. The van der Waals surface area contributed by atoms with Gasteiger partial charge in [0.15, 0.2) is 5.65 Å². The molecular weight excluding hydrogens is 382 g/mol. The van der Waals surface area contributed by atoms with E-state index in [9.17, 15) is 9.59 Å². The second-order valence-corrected chi connectivity index (χ2v) is 7.22. The molecule has 1 aliphatic rings. The van der Waals surface area contributed by atoms with Gasteiger partial charge in [-0.1, -0.05) is 13.0 Å². The summed E-state index contributed by atoms with van der Waals surface area (Å²) < 4.78 is 7.19. The smallest absolute Gasteiger partial charge is 0.338 e. The number of carbonyl (C=O) groups excluding carboxylic acids is 2. The van der Waals surface area contributed by atoms with Gasteiger partial charge in [-0.05, 0) is 43.7 Å². The second-order valence-electron chi connectivity index (χ2n) is 7.22. The Balaban J connectivity index is 1.47. The van der Waals surface area contributed by atoms with Crippen molar-refractivity contribution in [2.24, 2.45) is 0 Å². The van der Waals surface area contributed by atoms with E-state index >= 15 is 0 Å². The van der Waals surface area contributed by atoms with E-state index in [4.69, 9.17) is 9.72 Å². The molecule has 2 amide bonds. The molecule has 0 unspecified atom stereocenters. The molecule has 0 aliphatic carbocycles. The molecule has 3 heterocycles. The molecule has 8 nitrogen and oxygen atoms in total. The van der Waals surface area contributed by atoms with Crippen LogP contribution in [-0.2, 0) is 11.2 Å². The Labute approximate surface area is 174 Å². The lowest BCUT2D eigenvalue weighted by Gasteiger charge is -2.19. The highest BCUT2D eigenvalue weighted by Crippen LogP contribution is 2.28. The molecule has 1 aliphatic heterocycles. The first kappa shape index (κ1) is 19.9. The predicted molar refractivity (Wildman–Crippen MR) is 114 cm³/mol. The fraction of sp³-hybridized carbons (Fsp3) is 0.364. The minimum Gasteiger partial charge on any atom is -0.462 e. The summed E-state index contributed by atoms with van der Waals surface area (Å²) in [6.07, 6.45) is 3.42. The van der Waals surface area contributed by atoms with Crippen LogP contribution in [0.3, 0.4) is 0 Å². The highest BCUT2D eigenvalue weighted by molar-refractivity contribution is 5.94. The van der Waals surface area contributed by atoms with Gasteiger partial charge in [0.2, 0.25) is 0 Å². The van der Waals surface area contributed by atoms with Crippen molar-refractivity contribution in [2.45, 2.75) is 32.7 Å². The minimum absolute atomic E-state index is 0.136. The monoisotopic (exact) mass is 407 g/mol. The number of amides is 2. The average Bonchev–Trinajstić information content (AvgIpc) is 3.38. The number of likely N-dealkylation sites (tertiary alicyclic amines) is 1. The maximum Gasteiger partial charge on any atom is 0.338 e. The van der Waals surface area contributed by atoms with Gasteiger partial charge in [0, 0.05) is 31.4 Å². The SMILES string of the molecule is CCOC(=O)c1cccc(NC(=O)N2CC[C@@H](n3c(CC)nc4cccnc43)C2)c1. The summed E-state index contributed by atoms with van der Waals surface area (Å²) in [6, 6.07) is 10.6. The molecule has 30 heavy (non-hydrogen) atoms. The Hall–Kier alpha value is -3.42. The van der Waals surface area contributed by atoms with Gasteiger partial charge < -0.3 is 19.5 Å². The molecule has 0 bridgehead atoms. The number of rotatable bonds is 5. The molecule has 1 aromatic carbocycles. The van der Waals surface area contributed by atoms with E-state index in [0.717, 1.165) is 29.8 Å². The molecular formula is C22H25N5O3. The van der Waals surface area contributed by atoms with Gasteiger partial charge in [-0.15, -0.1) is 0 Å². The molecule has 1 N–H and O–H groups in total. The van der Waals surface area contributed by atoms with Crippen molar-refractivity contribution in [3.8, 4) is 0 Å². The van der Waals surface area contributed by atoms with Gasteiger partial charge in [0.05, 0.1) is 18.2 Å². The molecule has 1 fully saturated rings. The van der Waals surface area contributed by atoms with Crippen molar-refractivity contribution < 1.29 is 14.3 Å². The van der Waals surface area contributed by atoms with E-state index in [-0.39, 0.29) is 12.1 Å². The predicted octanol–water partition coefficient (Wildman–Crippen LogP) is 3.65. The van der Waals surface area contributed by atoms with Gasteiger partial charge in [-0.25, -0.2) is 19.6 Å². The summed E-state index contributed by atoms with van der Waals surface area (Å²) in [5.41, 5.74) is 2.73. The number of hydrogen-bond acceptors (Lipinski definition) is 5. The lowest BCUT2D eigenvalue weighted by atomic mass is 10.2. The maximum atomic E-state index is 12.8. The standard InChI is InChI=1S/C22H25N5O3/c1-3-19-25-18-9-6-11-23-20(18)27(19)17-10-12-26(14-17)22(29)24-16-8-5-7-15(13-16)21(28)30-4-2/h5-9,11,13,17H,3-4,10,12,14H2,1-2H3,(H,24,29)/t17-/m1/s1. The van der Waals surface area contributed by atoms with Crippen molar-refractivity contribution in [2.75, 3.05) is 25.0 Å². The second kappa shape index (κ2) is 8.52. The molecule has 8 heteroatoms. The molecule has 156 valence electrons. The molecule has 3 aromatic rings. The summed E-state index contributed by atoms with van der Waals surface area (Å²) >= 11 is 0. The van der Waals surface area contributed by atoms with Gasteiger partial charge in [-0.3, -0.25) is 0 Å². The van der Waals surface area contributed by atoms with Crippen molar-refractivity contribution in [3.05, 3.63) is 54.0 Å². The molecule has 0 spiro atoms. The van der Waals surface area contributed by atoms with Gasteiger partial charge in [0.1, 0.15) is 11.3 Å². The largest absolute Gasteiger partial charge is 0.462 e. The van der Waals surface area contributed by atoms with Crippen LogP contribution in [0.15, 0.2) is 42.6 Å². The molecule has 1 saturated heterocycles. The number of aryl methyl sites for hydroxylation is 1. The van der Waals surface area contributed by atoms with E-state index < -0.39 is 5.97 Å². The first-order valence-corrected chi connectivity index (χ1v) is 10.3. The number of nitrogens with zero attached hydrogens (tertiary/aromatic N) is 4. The number of nitrogens with one attached hydrogen (secondary N) is 1. The van der Waals surface area contributed by atoms with E-state index in [1.54, 1.807) is 42.3 Å². The molecule has 4 rings (SSSR count). The van der Waals surface area contributed by atoms with Crippen molar-refractivity contribution in [3.63, 3.8) is 0 Å². The highest BCUT2D eigenvalue weighted by atomic mass is 16.5. The third-order valence-electron chi connectivity index (χ3n) is 5.28. The molecule has 2 aromatic heterocycles. The van der Waals surface area contributed by atoms with E-state index in [0.29, 0.717) is 30.9 Å². The van der Waals surface area contributed by atoms with Gasteiger partial charge in [-0.2, -0.15) is 0 Å². The van der Waals surface area contributed by atoms with Crippen LogP contribution in [0.4, 0.5) is 10.5 Å². The Morgan fingerprint density at radius 3 is 2.90 bits per heavy atom. The van der Waals surface area contributed by atoms with E-state index in [2.05, 4.69) is 21.8 Å². The Morgan fingerprint density at radius 2 is 2.10 bits per heavy atom. The maximum absolute atomic E-state index is 12.8. The normalized spacial score (nSPS) is 16.1. The third kappa shape index (κ3) is 3.85. The summed E-state index contributed by atoms with van der Waals surface area (Å²) in [6.45, 7) is 5.37. The van der Waals surface area contributed by atoms with Gasteiger partial charge >= 0.3 is 12.0 Å². The Kier molecular flexibility index (Phi) is 5.65. The van der Waals surface area contributed by atoms with Crippen LogP contribution in [0.1, 0.15) is 42.5 Å². The van der Waals surface area contributed by atoms with Crippen molar-refractivity contribution in [1.82, 2.24) is 19.4 Å². The topological polar surface area (TPSA) is 89.4 Å². The number of esters is 1. The van der Waals surface area contributed by atoms with E-state index in [1.807, 2.05) is 12.1 Å². The first-order chi connectivity index (χ1) is 14.6. The Bertz CT molecular complexity index is 1080. The summed E-state index contributed by atoms with van der Waals surface area (Å²) in [7, 11) is 0. The van der Waals surface area contributed by atoms with Crippen LogP contribution in [0.2, 0.25) is 0 Å². The zero-order valence-corrected chi connectivity index (χ0v) is 17.2. The summed E-state index contributed by atoms with van der Waals surface area (Å²) in [4.78, 5) is 35.7. The van der Waals surface area contributed by atoms with Crippen LogP contribution in [0.25, 0.3) is 11.2 Å². The molecule has 0 saturated carbocycles. The first-order valence-electron chi connectivity index (χ1n) is 10.3. The fourth-order valence-electron chi connectivity index (χ4n) is 3.89. The van der Waals surface area contributed by atoms with Crippen molar-refractivity contribution in [1.29, 1.82) is 0 Å². The zero-order chi connectivity index (χ0) is 21.1. The number of benzene rings is 1. The van der Waals surface area contributed by atoms with E-state index in [1.165, 1.54) is 0 Å². The number of aromatic nitrogens is 3. The van der Waals surface area contributed by atoms with Crippen LogP contribution in [0, 0.1) is 0 Å². The number of ether oxygens (including phenoxy) is 1. The fourth-order valence-corrected chi connectivity index (χ4v) is 3.89. The zero-order valence-electron chi connectivity index (χ0n) is 17.2. The number of carbonyl (C=O) groups is 2. The quantitative estimate of drug-likeness (QED) is 0.652. The Morgan fingerprint density at radius 1 is 1.23 bits per heavy atom. The number of anilines is 1. The average molecular weight is 407 g/mol. The number of urea groups is 1. The van der Waals surface area contributed by atoms with Crippen LogP contribution in [0.5, 0.6) is 0 Å². The molecule has 1 atom stereocenters. The minimum atomic E-state index is -0.401. The third-order valence-corrected chi connectivity index (χ3v) is 5.28. The van der Waals surface area contributed by atoms with Crippen LogP contribution >= 0.6 is 0 Å². The highest BCUT2D eigenvalue weighted by Gasteiger charge is 2.30.